The maximum absolute atomic E-state index is 12.7. The Morgan fingerprint density at radius 2 is 1.84 bits per heavy atom. The third-order valence-corrected chi connectivity index (χ3v) is 5.03. The summed E-state index contributed by atoms with van der Waals surface area (Å²) in [7, 11) is 0. The zero-order valence-corrected chi connectivity index (χ0v) is 17.7. The lowest BCUT2D eigenvalue weighted by Crippen LogP contribution is -2.30. The molecule has 2 aromatic heterocycles. The maximum Gasteiger partial charge on any atom is 0.446 e. The van der Waals surface area contributed by atoms with Crippen LogP contribution in [0.4, 0.5) is 30.6 Å². The quantitative estimate of drug-likeness (QED) is 0.401. The molecular formula is C21H22F3N5OS. The van der Waals surface area contributed by atoms with Gasteiger partial charge in [0.05, 0.1) is 24.0 Å². The number of benzene rings is 1. The molecule has 1 atom stereocenters. The highest BCUT2D eigenvalue weighted by Gasteiger charge is 2.29. The lowest BCUT2D eigenvalue weighted by atomic mass is 10.1. The van der Waals surface area contributed by atoms with E-state index in [2.05, 4.69) is 25.6 Å². The summed E-state index contributed by atoms with van der Waals surface area (Å²) in [6.45, 7) is 3.81. The number of nitrogens with one attached hydrogen (secondary N) is 2. The summed E-state index contributed by atoms with van der Waals surface area (Å²) in [5.74, 6) is 0.784. The number of anilines is 3. The Labute approximate surface area is 182 Å². The molecule has 0 radical (unpaired) electrons. The minimum Gasteiger partial charge on any atom is -0.394 e. The summed E-state index contributed by atoms with van der Waals surface area (Å²) in [5, 5.41) is 15.8. The molecule has 2 heterocycles. The molecule has 0 saturated carbocycles. The number of thioether (sulfide) groups is 1. The van der Waals surface area contributed by atoms with Crippen molar-refractivity contribution in [2.45, 2.75) is 30.3 Å². The number of rotatable bonds is 8. The summed E-state index contributed by atoms with van der Waals surface area (Å²) < 4.78 is 38.1. The van der Waals surface area contributed by atoms with Gasteiger partial charge in [-0.05, 0) is 48.0 Å². The molecule has 10 heteroatoms. The highest BCUT2D eigenvalue weighted by atomic mass is 32.2. The second-order valence-corrected chi connectivity index (χ2v) is 8.19. The minimum absolute atomic E-state index is 0.0648. The second-order valence-electron chi connectivity index (χ2n) is 7.06. The lowest BCUT2D eigenvalue weighted by Gasteiger charge is -2.20. The molecule has 3 aromatic rings. The Bertz CT molecular complexity index is 1000. The van der Waals surface area contributed by atoms with Gasteiger partial charge < -0.3 is 15.7 Å². The van der Waals surface area contributed by atoms with Crippen molar-refractivity contribution in [2.24, 2.45) is 5.92 Å². The monoisotopic (exact) mass is 449 g/mol. The summed E-state index contributed by atoms with van der Waals surface area (Å²) in [6.07, 6.45) is 1.64. The van der Waals surface area contributed by atoms with Crippen LogP contribution in [0, 0.1) is 5.92 Å². The van der Waals surface area contributed by atoms with E-state index in [0.29, 0.717) is 22.9 Å². The summed E-state index contributed by atoms with van der Waals surface area (Å²) in [6, 6.07) is 12.8. The van der Waals surface area contributed by atoms with E-state index >= 15 is 0 Å². The third kappa shape index (κ3) is 6.83. The van der Waals surface area contributed by atoms with Crippen molar-refractivity contribution >= 4 is 29.2 Å². The first-order chi connectivity index (χ1) is 14.7. The first kappa shape index (κ1) is 22.8. The van der Waals surface area contributed by atoms with Gasteiger partial charge >= 0.3 is 5.51 Å². The van der Waals surface area contributed by atoms with Crippen molar-refractivity contribution < 1.29 is 18.3 Å². The molecule has 0 aliphatic rings. The van der Waals surface area contributed by atoms with Crippen LogP contribution < -0.4 is 10.6 Å². The van der Waals surface area contributed by atoms with Gasteiger partial charge in [-0.25, -0.2) is 4.98 Å². The molecule has 0 aliphatic heterocycles. The fraction of sp³-hybridized carbons (Fsp3) is 0.286. The Balaban J connectivity index is 1.93. The lowest BCUT2D eigenvalue weighted by molar-refractivity contribution is -0.0328. The van der Waals surface area contributed by atoms with E-state index in [0.717, 1.165) is 0 Å². The van der Waals surface area contributed by atoms with Crippen LogP contribution in [0.15, 0.2) is 59.6 Å². The molecule has 31 heavy (non-hydrogen) atoms. The predicted molar refractivity (Wildman–Crippen MR) is 116 cm³/mol. The van der Waals surface area contributed by atoms with Crippen LogP contribution in [0.1, 0.15) is 13.8 Å². The van der Waals surface area contributed by atoms with Gasteiger partial charge in [0.15, 0.2) is 0 Å². The van der Waals surface area contributed by atoms with Crippen molar-refractivity contribution in [1.82, 2.24) is 15.0 Å². The normalized spacial score (nSPS) is 12.6. The SMILES string of the molecule is CC(C)[C@H](CO)Nc1nc(Nc2cccc(SC(F)(F)F)c2)cc(-c2ccccn2)n1. The molecule has 0 amide bonds. The Kier molecular flexibility index (Phi) is 7.34. The summed E-state index contributed by atoms with van der Waals surface area (Å²) in [5.41, 5.74) is -2.77. The van der Waals surface area contributed by atoms with E-state index in [1.54, 1.807) is 30.5 Å². The fourth-order valence-electron chi connectivity index (χ4n) is 2.73. The van der Waals surface area contributed by atoms with E-state index in [1.165, 1.54) is 18.2 Å². The summed E-state index contributed by atoms with van der Waals surface area (Å²) >= 11 is -0.180. The van der Waals surface area contributed by atoms with E-state index in [4.69, 9.17) is 0 Å². The Morgan fingerprint density at radius 1 is 1.03 bits per heavy atom. The molecule has 164 valence electrons. The highest BCUT2D eigenvalue weighted by Crippen LogP contribution is 2.37. The Hall–Kier alpha value is -2.85. The van der Waals surface area contributed by atoms with Crippen molar-refractivity contribution in [3.05, 3.63) is 54.7 Å². The van der Waals surface area contributed by atoms with Gasteiger partial charge in [-0.2, -0.15) is 18.2 Å². The van der Waals surface area contributed by atoms with Crippen LogP contribution in [0.3, 0.4) is 0 Å². The van der Waals surface area contributed by atoms with Gasteiger partial charge in [0.1, 0.15) is 5.82 Å². The van der Waals surface area contributed by atoms with Gasteiger partial charge in [0.25, 0.3) is 0 Å². The molecule has 6 nitrogen and oxygen atoms in total. The zero-order chi connectivity index (χ0) is 22.4. The van der Waals surface area contributed by atoms with Crippen LogP contribution in [0.2, 0.25) is 0 Å². The van der Waals surface area contributed by atoms with Crippen molar-refractivity contribution in [3.8, 4) is 11.4 Å². The van der Waals surface area contributed by atoms with E-state index in [-0.39, 0.29) is 41.2 Å². The van der Waals surface area contributed by atoms with Gasteiger partial charge in [-0.1, -0.05) is 26.0 Å². The van der Waals surface area contributed by atoms with Gasteiger partial charge in [-0.15, -0.1) is 0 Å². The first-order valence-electron chi connectivity index (χ1n) is 9.54. The predicted octanol–water partition coefficient (Wildman–Crippen LogP) is 5.32. The summed E-state index contributed by atoms with van der Waals surface area (Å²) in [4.78, 5) is 13.3. The number of halogens is 3. The van der Waals surface area contributed by atoms with Crippen molar-refractivity contribution in [3.63, 3.8) is 0 Å². The number of aromatic nitrogens is 3. The first-order valence-corrected chi connectivity index (χ1v) is 10.4. The van der Waals surface area contributed by atoms with E-state index in [9.17, 15) is 18.3 Å². The largest absolute Gasteiger partial charge is 0.446 e. The second kappa shape index (κ2) is 9.97. The highest BCUT2D eigenvalue weighted by molar-refractivity contribution is 8.00. The number of nitrogens with zero attached hydrogens (tertiary/aromatic N) is 3. The number of hydrogen-bond donors (Lipinski definition) is 3. The number of aliphatic hydroxyl groups is 1. The molecule has 0 spiro atoms. The van der Waals surface area contributed by atoms with E-state index < -0.39 is 5.51 Å². The number of aliphatic hydroxyl groups excluding tert-OH is 1. The molecule has 3 rings (SSSR count). The number of pyridine rings is 1. The standard InChI is InChI=1S/C21H22F3N5OS/c1-13(2)18(12-30)28-20-27-17(16-8-3-4-9-25-16)11-19(29-20)26-14-6-5-7-15(10-14)31-21(22,23)24/h3-11,13,18,30H,12H2,1-2H3,(H2,26,27,28,29)/t18-/m0/s1. The Morgan fingerprint density at radius 3 is 2.48 bits per heavy atom. The number of hydrogen-bond acceptors (Lipinski definition) is 7. The molecule has 0 saturated heterocycles. The maximum atomic E-state index is 12.7. The van der Waals surface area contributed by atoms with Gasteiger partial charge in [0, 0.05) is 22.8 Å². The van der Waals surface area contributed by atoms with Gasteiger partial charge in [-0.3, -0.25) is 4.98 Å². The van der Waals surface area contributed by atoms with Crippen molar-refractivity contribution in [2.75, 3.05) is 17.2 Å². The molecule has 0 fully saturated rings. The number of alkyl halides is 3. The average Bonchev–Trinajstić information content (AvgIpc) is 2.71. The molecular weight excluding hydrogens is 427 g/mol. The third-order valence-electron chi connectivity index (χ3n) is 4.31. The van der Waals surface area contributed by atoms with Crippen molar-refractivity contribution in [1.29, 1.82) is 0 Å². The van der Waals surface area contributed by atoms with E-state index in [1.807, 2.05) is 19.9 Å². The molecule has 0 unspecified atom stereocenters. The average molecular weight is 450 g/mol. The minimum atomic E-state index is -4.37. The zero-order valence-electron chi connectivity index (χ0n) is 16.9. The van der Waals surface area contributed by atoms with Crippen LogP contribution >= 0.6 is 11.8 Å². The van der Waals surface area contributed by atoms with Crippen LogP contribution in [0.5, 0.6) is 0 Å². The molecule has 0 aliphatic carbocycles. The molecule has 0 bridgehead atoms. The topological polar surface area (TPSA) is 83.0 Å². The van der Waals surface area contributed by atoms with Crippen LogP contribution in [0.25, 0.3) is 11.4 Å². The fourth-order valence-corrected chi connectivity index (χ4v) is 3.33. The molecule has 1 aromatic carbocycles. The molecule has 3 N–H and O–H groups in total. The van der Waals surface area contributed by atoms with Gasteiger partial charge in [0.2, 0.25) is 5.95 Å². The van der Waals surface area contributed by atoms with Crippen LogP contribution in [-0.4, -0.2) is 38.2 Å². The van der Waals surface area contributed by atoms with Crippen LogP contribution in [-0.2, 0) is 0 Å². The smallest absolute Gasteiger partial charge is 0.394 e.